The summed E-state index contributed by atoms with van der Waals surface area (Å²) in [5.41, 5.74) is 3.33. The van der Waals surface area contributed by atoms with Crippen LogP contribution in [0.15, 0.2) is 72.8 Å². The fourth-order valence-electron chi connectivity index (χ4n) is 8.58. The number of nitrogens with one attached hydrogen (secondary N) is 1. The second kappa shape index (κ2) is 14.8. The van der Waals surface area contributed by atoms with Crippen LogP contribution in [0.1, 0.15) is 118 Å². The lowest BCUT2D eigenvalue weighted by Crippen LogP contribution is -2.40. The third-order valence-corrected chi connectivity index (χ3v) is 11.5. The van der Waals surface area contributed by atoms with Gasteiger partial charge in [0.15, 0.2) is 0 Å². The number of amides is 6. The standard InChI is InChI=1S/C46H46N4O5/c1-4-5-6-7-8-9-10-11-12-13-26-49-42(51)34-22-18-30-32-20-24-36-41-37(25-21-33(39(32)41)31-19-23-35(43(49)52)40(34)38(30)31)45(54)50(44(36)53)27-28-14-16-29(17-15-28)47-46(55)48(2)3/h14-25H,4-13,26-27H2,1-3H3,(H,47,55). The summed E-state index contributed by atoms with van der Waals surface area (Å²) in [4.78, 5) is 72.2. The molecule has 0 bridgehead atoms. The molecule has 0 atom stereocenters. The first-order valence-electron chi connectivity index (χ1n) is 19.7. The molecule has 2 heterocycles. The van der Waals surface area contributed by atoms with Crippen molar-refractivity contribution in [1.29, 1.82) is 0 Å². The minimum Gasteiger partial charge on any atom is -0.331 e. The molecule has 1 N–H and O–H groups in total. The van der Waals surface area contributed by atoms with Crippen molar-refractivity contribution in [2.45, 2.75) is 77.7 Å². The first-order valence-corrected chi connectivity index (χ1v) is 19.7. The van der Waals surface area contributed by atoms with Crippen molar-refractivity contribution in [3.8, 4) is 0 Å². The number of carbonyl (C=O) groups excluding carboxylic acids is 5. The average molecular weight is 735 g/mol. The number of hydrogen-bond donors (Lipinski definition) is 1. The summed E-state index contributed by atoms with van der Waals surface area (Å²) < 4.78 is 0. The molecule has 0 saturated heterocycles. The molecule has 2 aliphatic heterocycles. The van der Waals surface area contributed by atoms with Gasteiger partial charge in [-0.25, -0.2) is 4.79 Å². The lowest BCUT2D eigenvalue weighted by molar-refractivity contribution is 0.0587. The zero-order valence-corrected chi connectivity index (χ0v) is 31.8. The number of imide groups is 2. The Morgan fingerprint density at radius 1 is 0.509 bits per heavy atom. The number of fused-ring (bicyclic) bond motifs is 2. The van der Waals surface area contributed by atoms with Gasteiger partial charge in [0.05, 0.1) is 6.54 Å². The van der Waals surface area contributed by atoms with Crippen molar-refractivity contribution >= 4 is 78.4 Å². The fourth-order valence-corrected chi connectivity index (χ4v) is 8.58. The van der Waals surface area contributed by atoms with E-state index in [-0.39, 0.29) is 36.2 Å². The molecular weight excluding hydrogens is 689 g/mol. The van der Waals surface area contributed by atoms with Gasteiger partial charge in [-0.15, -0.1) is 0 Å². The van der Waals surface area contributed by atoms with Gasteiger partial charge >= 0.3 is 6.03 Å². The predicted molar refractivity (Wildman–Crippen MR) is 218 cm³/mol. The van der Waals surface area contributed by atoms with E-state index in [1.807, 2.05) is 36.4 Å². The quantitative estimate of drug-likeness (QED) is 0.0519. The third-order valence-electron chi connectivity index (χ3n) is 11.5. The second-order valence-electron chi connectivity index (χ2n) is 15.3. The Kier molecular flexibility index (Phi) is 9.71. The van der Waals surface area contributed by atoms with Gasteiger partial charge < -0.3 is 10.2 Å². The molecule has 0 spiro atoms. The molecule has 0 radical (unpaired) electrons. The average Bonchev–Trinajstić information content (AvgIpc) is 3.19. The smallest absolute Gasteiger partial charge is 0.321 e. The summed E-state index contributed by atoms with van der Waals surface area (Å²) in [5.74, 6) is -1.25. The molecule has 2 aliphatic rings. The van der Waals surface area contributed by atoms with E-state index in [1.165, 1.54) is 59.6 Å². The van der Waals surface area contributed by atoms with Gasteiger partial charge in [-0.3, -0.25) is 29.0 Å². The van der Waals surface area contributed by atoms with Crippen LogP contribution in [-0.4, -0.2) is 65.0 Å². The highest BCUT2D eigenvalue weighted by atomic mass is 16.2. The van der Waals surface area contributed by atoms with Gasteiger partial charge in [0.1, 0.15) is 0 Å². The number of hydrogen-bond acceptors (Lipinski definition) is 5. The number of benzene rings is 6. The number of anilines is 1. The van der Waals surface area contributed by atoms with Crippen LogP contribution in [0, 0.1) is 0 Å². The molecule has 6 aromatic carbocycles. The Hall–Kier alpha value is -5.83. The van der Waals surface area contributed by atoms with Crippen LogP contribution < -0.4 is 5.32 Å². The summed E-state index contributed by atoms with van der Waals surface area (Å²) >= 11 is 0. The van der Waals surface area contributed by atoms with Crippen molar-refractivity contribution in [2.75, 3.05) is 26.0 Å². The molecule has 9 heteroatoms. The number of carbonyl (C=O) groups is 5. The van der Waals surface area contributed by atoms with E-state index in [2.05, 4.69) is 12.2 Å². The Morgan fingerprint density at radius 2 is 0.909 bits per heavy atom. The van der Waals surface area contributed by atoms with E-state index in [0.717, 1.165) is 57.1 Å². The second-order valence-corrected chi connectivity index (χ2v) is 15.3. The van der Waals surface area contributed by atoms with E-state index in [9.17, 15) is 24.0 Å². The molecule has 55 heavy (non-hydrogen) atoms. The zero-order valence-electron chi connectivity index (χ0n) is 31.8. The van der Waals surface area contributed by atoms with E-state index >= 15 is 0 Å². The van der Waals surface area contributed by atoms with Gasteiger partial charge in [0.2, 0.25) is 0 Å². The number of rotatable bonds is 14. The first-order chi connectivity index (χ1) is 26.7. The van der Waals surface area contributed by atoms with Crippen LogP contribution in [0.2, 0.25) is 0 Å². The molecule has 9 nitrogen and oxygen atoms in total. The normalized spacial score (nSPS) is 14.0. The van der Waals surface area contributed by atoms with Crippen LogP contribution in [0.3, 0.4) is 0 Å². The molecule has 0 saturated carbocycles. The summed E-state index contributed by atoms with van der Waals surface area (Å²) in [6.07, 6.45) is 11.8. The van der Waals surface area contributed by atoms with Crippen molar-refractivity contribution in [2.24, 2.45) is 0 Å². The van der Waals surface area contributed by atoms with E-state index in [4.69, 9.17) is 0 Å². The van der Waals surface area contributed by atoms with Gasteiger partial charge in [-0.2, -0.15) is 0 Å². The van der Waals surface area contributed by atoms with E-state index < -0.39 is 0 Å². The maximum atomic E-state index is 14.1. The van der Waals surface area contributed by atoms with Crippen LogP contribution in [-0.2, 0) is 6.54 Å². The van der Waals surface area contributed by atoms with Crippen LogP contribution in [0.4, 0.5) is 10.5 Å². The molecule has 8 rings (SSSR count). The topological polar surface area (TPSA) is 107 Å². The fraction of sp³-hybridized carbons (Fsp3) is 0.326. The number of nitrogens with zero attached hydrogens (tertiary/aromatic N) is 3. The molecule has 6 aromatic rings. The van der Waals surface area contributed by atoms with E-state index in [1.54, 1.807) is 50.5 Å². The summed E-state index contributed by atoms with van der Waals surface area (Å²) in [7, 11) is 3.32. The molecule has 0 fully saturated rings. The Bertz CT molecular complexity index is 2400. The molecule has 6 amide bonds. The lowest BCUT2D eigenvalue weighted by atomic mass is 9.82. The largest absolute Gasteiger partial charge is 0.331 e. The summed E-state index contributed by atoms with van der Waals surface area (Å²) in [6.45, 7) is 2.72. The van der Waals surface area contributed by atoms with Crippen LogP contribution in [0.25, 0.3) is 43.1 Å². The highest BCUT2D eigenvalue weighted by Gasteiger charge is 2.36. The molecule has 0 aromatic heterocycles. The van der Waals surface area contributed by atoms with Crippen LogP contribution in [0.5, 0.6) is 0 Å². The third kappa shape index (κ3) is 6.25. The molecule has 0 aliphatic carbocycles. The molecular formula is C46H46N4O5. The van der Waals surface area contributed by atoms with Gasteiger partial charge in [-0.1, -0.05) is 101 Å². The summed E-state index contributed by atoms with van der Waals surface area (Å²) in [6, 6.07) is 21.8. The van der Waals surface area contributed by atoms with Crippen molar-refractivity contribution in [3.63, 3.8) is 0 Å². The maximum absolute atomic E-state index is 14.1. The minimum atomic E-state index is -0.374. The number of urea groups is 1. The lowest BCUT2D eigenvalue weighted by Gasteiger charge is -2.30. The van der Waals surface area contributed by atoms with Crippen molar-refractivity contribution in [3.05, 3.63) is 101 Å². The van der Waals surface area contributed by atoms with Crippen molar-refractivity contribution < 1.29 is 24.0 Å². The SMILES string of the molecule is CCCCCCCCCCCCN1C(=O)c2ccc3c4ccc5c6c(ccc(c7ccc(c2c37)C1=O)c64)C(=O)N(Cc1ccc(NC(=O)N(C)C)cc1)C5=O. The zero-order chi connectivity index (χ0) is 38.4. The summed E-state index contributed by atoms with van der Waals surface area (Å²) in [5, 5.41) is 9.25. The minimum absolute atomic E-state index is 0.0793. The van der Waals surface area contributed by atoms with E-state index in [0.29, 0.717) is 45.3 Å². The maximum Gasteiger partial charge on any atom is 0.321 e. The van der Waals surface area contributed by atoms with Gasteiger partial charge in [0.25, 0.3) is 23.6 Å². The Morgan fingerprint density at radius 3 is 1.33 bits per heavy atom. The Balaban J connectivity index is 1.07. The van der Waals surface area contributed by atoms with Crippen molar-refractivity contribution in [1.82, 2.24) is 14.7 Å². The van der Waals surface area contributed by atoms with Gasteiger partial charge in [0, 0.05) is 59.4 Å². The highest BCUT2D eigenvalue weighted by Crippen LogP contribution is 2.46. The number of unbranched alkanes of at least 4 members (excludes halogenated alkanes) is 9. The van der Waals surface area contributed by atoms with Gasteiger partial charge in [-0.05, 0) is 80.7 Å². The Labute approximate surface area is 320 Å². The highest BCUT2D eigenvalue weighted by molar-refractivity contribution is 6.41. The first kappa shape index (κ1) is 36.2. The van der Waals surface area contributed by atoms with Crippen LogP contribution >= 0.6 is 0 Å². The predicted octanol–water partition coefficient (Wildman–Crippen LogP) is 10.1. The molecule has 280 valence electrons. The molecule has 0 unspecified atom stereocenters. The monoisotopic (exact) mass is 734 g/mol.